The highest BCUT2D eigenvalue weighted by molar-refractivity contribution is 5.01. The first-order valence-corrected chi connectivity index (χ1v) is 5.47. The molecule has 0 aromatic carbocycles. The molecule has 0 aliphatic carbocycles. The van der Waals surface area contributed by atoms with E-state index in [0.717, 1.165) is 6.42 Å². The molecule has 2 heteroatoms. The monoisotopic (exact) mass is 210 g/mol. The van der Waals surface area contributed by atoms with E-state index >= 15 is 0 Å². The van der Waals surface area contributed by atoms with Crippen molar-refractivity contribution in [1.29, 1.82) is 0 Å². The smallest absolute Gasteiger partial charge is 0.0833 e. The number of aliphatic hydroxyl groups excluding tert-OH is 2. The maximum atomic E-state index is 9.57. The minimum Gasteiger partial charge on any atom is -0.390 e. The van der Waals surface area contributed by atoms with E-state index in [2.05, 4.69) is 0 Å². The Morgan fingerprint density at radius 2 is 1.67 bits per heavy atom. The lowest BCUT2D eigenvalue weighted by atomic mass is 10.1. The maximum absolute atomic E-state index is 9.57. The third-order valence-corrected chi connectivity index (χ3v) is 2.13. The van der Waals surface area contributed by atoms with Crippen molar-refractivity contribution < 1.29 is 10.2 Å². The fourth-order valence-electron chi connectivity index (χ4n) is 1.19. The van der Waals surface area contributed by atoms with Gasteiger partial charge in [-0.05, 0) is 33.1 Å². The molecule has 0 aromatic rings. The Balaban J connectivity index is 3.72. The van der Waals surface area contributed by atoms with Gasteiger partial charge >= 0.3 is 0 Å². The average molecular weight is 210 g/mol. The number of rotatable bonds is 7. The number of allylic oxidation sites excluding steroid dienone is 5. The first kappa shape index (κ1) is 14.1. The van der Waals surface area contributed by atoms with E-state index in [-0.39, 0.29) is 0 Å². The molecule has 2 unspecified atom stereocenters. The van der Waals surface area contributed by atoms with Crippen LogP contribution in [-0.4, -0.2) is 22.4 Å². The molecule has 0 aliphatic rings. The van der Waals surface area contributed by atoms with Crippen molar-refractivity contribution >= 4 is 0 Å². The normalized spacial score (nSPS) is 16.8. The number of hydrogen-bond donors (Lipinski definition) is 2. The average Bonchev–Trinajstić information content (AvgIpc) is 2.24. The lowest BCUT2D eigenvalue weighted by Crippen LogP contribution is -2.24. The molecule has 2 N–H and O–H groups in total. The summed E-state index contributed by atoms with van der Waals surface area (Å²) in [5, 5.41) is 19.1. The quantitative estimate of drug-likeness (QED) is 0.501. The predicted octanol–water partition coefficient (Wildman–Crippen LogP) is 2.59. The zero-order valence-corrected chi connectivity index (χ0v) is 9.63. The van der Waals surface area contributed by atoms with E-state index < -0.39 is 12.2 Å². The molecule has 0 amide bonds. The maximum Gasteiger partial charge on any atom is 0.0833 e. The second-order valence-corrected chi connectivity index (χ2v) is 3.47. The van der Waals surface area contributed by atoms with Crippen LogP contribution >= 0.6 is 0 Å². The van der Waals surface area contributed by atoms with Crippen LogP contribution in [0.5, 0.6) is 0 Å². The summed E-state index contributed by atoms with van der Waals surface area (Å²) >= 11 is 0. The molecule has 15 heavy (non-hydrogen) atoms. The molecule has 2 nitrogen and oxygen atoms in total. The summed E-state index contributed by atoms with van der Waals surface area (Å²) in [7, 11) is 0. The van der Waals surface area contributed by atoms with Gasteiger partial charge in [0.15, 0.2) is 0 Å². The standard InChI is InChI=1S/C13H22O2/c1-3-5-7-9-11-13(15)12(14)10-8-6-4-2/h3-7,9,12-15H,8,10-11H2,1-2H3. The van der Waals surface area contributed by atoms with Crippen LogP contribution in [0.15, 0.2) is 36.5 Å². The highest BCUT2D eigenvalue weighted by Gasteiger charge is 2.13. The van der Waals surface area contributed by atoms with Gasteiger partial charge in [0.05, 0.1) is 12.2 Å². The third kappa shape index (κ3) is 8.16. The zero-order valence-electron chi connectivity index (χ0n) is 9.63. The number of hydrogen-bond acceptors (Lipinski definition) is 2. The molecule has 0 aromatic heterocycles. The molecule has 0 bridgehead atoms. The minimum atomic E-state index is -0.656. The molecule has 0 fully saturated rings. The summed E-state index contributed by atoms with van der Waals surface area (Å²) in [5.74, 6) is 0. The van der Waals surface area contributed by atoms with E-state index in [4.69, 9.17) is 0 Å². The lowest BCUT2D eigenvalue weighted by molar-refractivity contribution is 0.0174. The first-order chi connectivity index (χ1) is 7.22. The van der Waals surface area contributed by atoms with Crippen molar-refractivity contribution in [3.8, 4) is 0 Å². The summed E-state index contributed by atoms with van der Waals surface area (Å²) in [6.07, 6.45) is 12.2. The Bertz CT molecular complexity index is 217. The van der Waals surface area contributed by atoms with Crippen LogP contribution in [-0.2, 0) is 0 Å². The largest absolute Gasteiger partial charge is 0.390 e. The van der Waals surface area contributed by atoms with Gasteiger partial charge in [0, 0.05) is 0 Å². The van der Waals surface area contributed by atoms with Crippen molar-refractivity contribution in [3.05, 3.63) is 36.5 Å². The third-order valence-electron chi connectivity index (χ3n) is 2.13. The van der Waals surface area contributed by atoms with E-state index in [1.807, 2.05) is 50.3 Å². The van der Waals surface area contributed by atoms with Gasteiger partial charge in [0.25, 0.3) is 0 Å². The molecular formula is C13H22O2. The summed E-state index contributed by atoms with van der Waals surface area (Å²) < 4.78 is 0. The van der Waals surface area contributed by atoms with Crippen LogP contribution in [0.2, 0.25) is 0 Å². The predicted molar refractivity (Wildman–Crippen MR) is 64.6 cm³/mol. The topological polar surface area (TPSA) is 40.5 Å². The van der Waals surface area contributed by atoms with Crippen LogP contribution in [0.3, 0.4) is 0 Å². The molecule has 0 heterocycles. The van der Waals surface area contributed by atoms with E-state index in [9.17, 15) is 10.2 Å². The highest BCUT2D eigenvalue weighted by Crippen LogP contribution is 2.07. The molecule has 0 radical (unpaired) electrons. The van der Waals surface area contributed by atoms with E-state index in [1.54, 1.807) is 0 Å². The van der Waals surface area contributed by atoms with Gasteiger partial charge in [0.2, 0.25) is 0 Å². The zero-order chi connectivity index (χ0) is 11.5. The highest BCUT2D eigenvalue weighted by atomic mass is 16.3. The van der Waals surface area contributed by atoms with Crippen molar-refractivity contribution in [2.75, 3.05) is 0 Å². The van der Waals surface area contributed by atoms with Gasteiger partial charge in [0.1, 0.15) is 0 Å². The summed E-state index contributed by atoms with van der Waals surface area (Å²) in [4.78, 5) is 0. The van der Waals surface area contributed by atoms with Crippen molar-refractivity contribution in [2.24, 2.45) is 0 Å². The second kappa shape index (κ2) is 9.69. The molecule has 0 saturated carbocycles. The fraction of sp³-hybridized carbons (Fsp3) is 0.538. The fourth-order valence-corrected chi connectivity index (χ4v) is 1.19. The summed E-state index contributed by atoms with van der Waals surface area (Å²) in [5.41, 5.74) is 0. The van der Waals surface area contributed by atoms with Crippen LogP contribution in [0, 0.1) is 0 Å². The van der Waals surface area contributed by atoms with Crippen LogP contribution < -0.4 is 0 Å². The lowest BCUT2D eigenvalue weighted by Gasteiger charge is -2.15. The SMILES string of the molecule is CC=CC=CCC(O)C(O)CCC=CC. The molecule has 0 saturated heterocycles. The Hall–Kier alpha value is -0.860. The van der Waals surface area contributed by atoms with Crippen molar-refractivity contribution in [1.82, 2.24) is 0 Å². The summed E-state index contributed by atoms with van der Waals surface area (Å²) in [6.45, 7) is 3.88. The molecule has 0 rings (SSSR count). The van der Waals surface area contributed by atoms with Gasteiger partial charge in [-0.15, -0.1) is 0 Å². The van der Waals surface area contributed by atoms with Crippen molar-refractivity contribution in [2.45, 2.75) is 45.3 Å². The molecule has 0 spiro atoms. The second-order valence-electron chi connectivity index (χ2n) is 3.47. The number of aliphatic hydroxyl groups is 2. The minimum absolute atomic E-state index is 0.501. The molecular weight excluding hydrogens is 188 g/mol. The van der Waals surface area contributed by atoms with Crippen LogP contribution in [0.1, 0.15) is 33.1 Å². The van der Waals surface area contributed by atoms with Gasteiger partial charge < -0.3 is 10.2 Å². The Morgan fingerprint density at radius 1 is 0.933 bits per heavy atom. The Kier molecular flexibility index (Phi) is 9.13. The Labute approximate surface area is 92.6 Å². The van der Waals surface area contributed by atoms with Gasteiger partial charge in [-0.2, -0.15) is 0 Å². The van der Waals surface area contributed by atoms with E-state index in [1.165, 1.54) is 0 Å². The van der Waals surface area contributed by atoms with Gasteiger partial charge in [-0.3, -0.25) is 0 Å². The van der Waals surface area contributed by atoms with Gasteiger partial charge in [-0.25, -0.2) is 0 Å². The molecule has 2 atom stereocenters. The summed E-state index contributed by atoms with van der Waals surface area (Å²) in [6, 6.07) is 0. The molecule has 86 valence electrons. The van der Waals surface area contributed by atoms with E-state index in [0.29, 0.717) is 12.8 Å². The molecule has 0 aliphatic heterocycles. The van der Waals surface area contributed by atoms with Crippen LogP contribution in [0.4, 0.5) is 0 Å². The van der Waals surface area contributed by atoms with Gasteiger partial charge in [-0.1, -0.05) is 36.5 Å². The van der Waals surface area contributed by atoms with Crippen molar-refractivity contribution in [3.63, 3.8) is 0 Å². The first-order valence-electron chi connectivity index (χ1n) is 5.47. The Morgan fingerprint density at radius 3 is 2.27 bits per heavy atom. The van der Waals surface area contributed by atoms with Crippen LogP contribution in [0.25, 0.3) is 0 Å².